The van der Waals surface area contributed by atoms with E-state index in [0.717, 1.165) is 48.8 Å². The Morgan fingerprint density at radius 2 is 1.81 bits per heavy atom. The van der Waals surface area contributed by atoms with Crippen molar-refractivity contribution in [2.24, 2.45) is 0 Å². The summed E-state index contributed by atoms with van der Waals surface area (Å²) in [5, 5.41) is 2.69. The number of aromatic amines is 1. The minimum atomic E-state index is -0.0766. The van der Waals surface area contributed by atoms with Crippen molar-refractivity contribution in [3.63, 3.8) is 0 Å². The molecule has 6 nitrogen and oxygen atoms in total. The minimum Gasteiger partial charge on any atom is -0.378 e. The van der Waals surface area contributed by atoms with E-state index in [1.165, 1.54) is 22.6 Å². The fourth-order valence-corrected chi connectivity index (χ4v) is 5.23. The van der Waals surface area contributed by atoms with E-state index >= 15 is 0 Å². The van der Waals surface area contributed by atoms with Gasteiger partial charge in [0.1, 0.15) is 10.7 Å². The van der Waals surface area contributed by atoms with E-state index in [2.05, 4.69) is 46.1 Å². The van der Waals surface area contributed by atoms with E-state index in [-0.39, 0.29) is 5.56 Å². The zero-order chi connectivity index (χ0) is 21.9. The molecule has 0 aliphatic carbocycles. The molecule has 1 fully saturated rings. The van der Waals surface area contributed by atoms with Crippen molar-refractivity contribution in [1.29, 1.82) is 0 Å². The molecule has 0 spiro atoms. The Labute approximate surface area is 191 Å². The van der Waals surface area contributed by atoms with Crippen LogP contribution in [-0.4, -0.2) is 48.2 Å². The van der Waals surface area contributed by atoms with E-state index < -0.39 is 0 Å². The van der Waals surface area contributed by atoms with Gasteiger partial charge in [0.05, 0.1) is 25.1 Å². The number of fused-ring (bicyclic) bond motifs is 1. The standard InChI is InChI=1S/C25H26N4O2S/c1-28(15-19-9-5-6-10-21(19)29-11-13-31-14-12-29)16-22-26-24(30)23-20(17-32-25(23)27-22)18-7-3-2-4-8-18/h2-10,17H,11-16H2,1H3,(H,26,27,30). The van der Waals surface area contributed by atoms with Crippen LogP contribution in [0.15, 0.2) is 64.8 Å². The largest absolute Gasteiger partial charge is 0.378 e. The highest BCUT2D eigenvalue weighted by molar-refractivity contribution is 7.17. The maximum Gasteiger partial charge on any atom is 0.260 e. The number of benzene rings is 2. The van der Waals surface area contributed by atoms with Crippen LogP contribution in [0.1, 0.15) is 11.4 Å². The zero-order valence-corrected chi connectivity index (χ0v) is 18.9. The van der Waals surface area contributed by atoms with Crippen LogP contribution >= 0.6 is 11.3 Å². The normalized spacial score (nSPS) is 14.4. The number of para-hydroxylation sites is 1. The maximum atomic E-state index is 12.9. The predicted molar refractivity (Wildman–Crippen MR) is 130 cm³/mol. The van der Waals surface area contributed by atoms with E-state index in [0.29, 0.717) is 17.8 Å². The van der Waals surface area contributed by atoms with Gasteiger partial charge in [0.25, 0.3) is 5.56 Å². The van der Waals surface area contributed by atoms with Gasteiger partial charge >= 0.3 is 0 Å². The molecule has 2 aromatic heterocycles. The third kappa shape index (κ3) is 4.32. The van der Waals surface area contributed by atoms with Gasteiger partial charge in [0, 0.05) is 36.3 Å². The van der Waals surface area contributed by atoms with Gasteiger partial charge in [-0.3, -0.25) is 9.69 Å². The van der Waals surface area contributed by atoms with Gasteiger partial charge in [0.2, 0.25) is 0 Å². The van der Waals surface area contributed by atoms with Gasteiger partial charge in [-0.2, -0.15) is 0 Å². The van der Waals surface area contributed by atoms with E-state index in [4.69, 9.17) is 9.72 Å². The second-order valence-corrected chi connectivity index (χ2v) is 8.97. The first kappa shape index (κ1) is 20.9. The molecule has 0 amide bonds. The average Bonchev–Trinajstić information content (AvgIpc) is 3.25. The molecule has 5 rings (SSSR count). The molecule has 0 unspecified atom stereocenters. The predicted octanol–water partition coefficient (Wildman–Crippen LogP) is 4.12. The van der Waals surface area contributed by atoms with Gasteiger partial charge < -0.3 is 14.6 Å². The highest BCUT2D eigenvalue weighted by Crippen LogP contribution is 2.30. The third-order valence-corrected chi connectivity index (χ3v) is 6.65. The summed E-state index contributed by atoms with van der Waals surface area (Å²) in [4.78, 5) is 26.1. The number of ether oxygens (including phenoxy) is 1. The molecule has 7 heteroatoms. The lowest BCUT2D eigenvalue weighted by Gasteiger charge is -2.31. The van der Waals surface area contributed by atoms with Crippen LogP contribution < -0.4 is 10.5 Å². The van der Waals surface area contributed by atoms with E-state index in [1.807, 2.05) is 35.7 Å². The van der Waals surface area contributed by atoms with Gasteiger partial charge in [0.15, 0.2) is 0 Å². The number of hydrogen-bond donors (Lipinski definition) is 1. The number of nitrogens with zero attached hydrogens (tertiary/aromatic N) is 3. The quantitative estimate of drug-likeness (QED) is 0.483. The van der Waals surface area contributed by atoms with Crippen LogP contribution in [0.4, 0.5) is 5.69 Å². The summed E-state index contributed by atoms with van der Waals surface area (Å²) >= 11 is 1.52. The molecule has 1 saturated heterocycles. The molecule has 0 saturated carbocycles. The monoisotopic (exact) mass is 446 g/mol. The fourth-order valence-electron chi connectivity index (χ4n) is 4.26. The molecule has 1 aliphatic rings. The van der Waals surface area contributed by atoms with Crippen LogP contribution in [-0.2, 0) is 17.8 Å². The molecule has 0 bridgehead atoms. The highest BCUT2D eigenvalue weighted by Gasteiger charge is 2.17. The molecule has 1 N–H and O–H groups in total. The highest BCUT2D eigenvalue weighted by atomic mass is 32.1. The molecule has 1 aliphatic heterocycles. The van der Waals surface area contributed by atoms with Crippen molar-refractivity contribution < 1.29 is 4.74 Å². The number of H-pyrrole nitrogens is 1. The summed E-state index contributed by atoms with van der Waals surface area (Å²) in [7, 11) is 2.06. The Kier molecular flexibility index (Phi) is 6.03. The lowest BCUT2D eigenvalue weighted by molar-refractivity contribution is 0.122. The lowest BCUT2D eigenvalue weighted by Crippen LogP contribution is -2.37. The van der Waals surface area contributed by atoms with Crippen molar-refractivity contribution in [3.05, 3.63) is 81.7 Å². The summed E-state index contributed by atoms with van der Waals surface area (Å²) in [6.45, 7) is 4.70. The fraction of sp³-hybridized carbons (Fsp3) is 0.280. The Bertz CT molecular complexity index is 1260. The van der Waals surface area contributed by atoms with Gasteiger partial charge in [-0.05, 0) is 24.2 Å². The van der Waals surface area contributed by atoms with Crippen molar-refractivity contribution in [3.8, 4) is 11.1 Å². The van der Waals surface area contributed by atoms with Crippen LogP contribution in [0, 0.1) is 0 Å². The molecule has 2 aromatic carbocycles. The van der Waals surface area contributed by atoms with Gasteiger partial charge in [-0.15, -0.1) is 11.3 Å². The number of thiophene rings is 1. The van der Waals surface area contributed by atoms with Crippen LogP contribution in [0.25, 0.3) is 21.3 Å². The molecule has 32 heavy (non-hydrogen) atoms. The Morgan fingerprint density at radius 1 is 1.06 bits per heavy atom. The number of nitrogens with one attached hydrogen (secondary N) is 1. The van der Waals surface area contributed by atoms with Crippen molar-refractivity contribution >= 4 is 27.2 Å². The van der Waals surface area contributed by atoms with Crippen molar-refractivity contribution in [2.45, 2.75) is 13.1 Å². The zero-order valence-electron chi connectivity index (χ0n) is 18.1. The maximum absolute atomic E-state index is 12.9. The Hall–Kier alpha value is -3.00. The molecular weight excluding hydrogens is 420 g/mol. The first-order chi connectivity index (χ1) is 15.7. The number of morpholine rings is 1. The lowest BCUT2D eigenvalue weighted by atomic mass is 10.1. The topological polar surface area (TPSA) is 61.5 Å². The molecule has 3 heterocycles. The minimum absolute atomic E-state index is 0.0766. The number of rotatable bonds is 6. The van der Waals surface area contributed by atoms with Crippen molar-refractivity contribution in [2.75, 3.05) is 38.3 Å². The van der Waals surface area contributed by atoms with E-state index in [9.17, 15) is 4.79 Å². The summed E-state index contributed by atoms with van der Waals surface area (Å²) in [6.07, 6.45) is 0. The SMILES string of the molecule is CN(Cc1nc2scc(-c3ccccc3)c2c(=O)[nH]1)Cc1ccccc1N1CCOCC1. The number of aromatic nitrogens is 2. The summed E-state index contributed by atoms with van der Waals surface area (Å²) in [5.41, 5.74) is 4.43. The van der Waals surface area contributed by atoms with Crippen LogP contribution in [0.5, 0.6) is 0 Å². The Morgan fingerprint density at radius 3 is 2.62 bits per heavy atom. The first-order valence-corrected chi connectivity index (χ1v) is 11.7. The molecule has 0 atom stereocenters. The second kappa shape index (κ2) is 9.24. The smallest absolute Gasteiger partial charge is 0.260 e. The molecule has 0 radical (unpaired) electrons. The van der Waals surface area contributed by atoms with Crippen LogP contribution in [0.3, 0.4) is 0 Å². The summed E-state index contributed by atoms with van der Waals surface area (Å²) < 4.78 is 5.50. The number of hydrogen-bond acceptors (Lipinski definition) is 6. The molecule has 4 aromatic rings. The average molecular weight is 447 g/mol. The molecular formula is C25H26N4O2S. The second-order valence-electron chi connectivity index (χ2n) is 8.11. The third-order valence-electron chi connectivity index (χ3n) is 5.78. The number of anilines is 1. The van der Waals surface area contributed by atoms with E-state index in [1.54, 1.807) is 0 Å². The first-order valence-electron chi connectivity index (χ1n) is 10.8. The summed E-state index contributed by atoms with van der Waals surface area (Å²) in [6, 6.07) is 18.5. The Balaban J connectivity index is 1.36. The van der Waals surface area contributed by atoms with Crippen molar-refractivity contribution in [1.82, 2.24) is 14.9 Å². The summed E-state index contributed by atoms with van der Waals surface area (Å²) in [5.74, 6) is 0.690. The van der Waals surface area contributed by atoms with Gasteiger partial charge in [-0.1, -0.05) is 48.5 Å². The van der Waals surface area contributed by atoms with Gasteiger partial charge in [-0.25, -0.2) is 4.98 Å². The molecule has 164 valence electrons. The van der Waals surface area contributed by atoms with Crippen LogP contribution in [0.2, 0.25) is 0 Å².